The normalized spacial score (nSPS) is 20.8. The van der Waals surface area contributed by atoms with Gasteiger partial charge in [0.05, 0.1) is 5.56 Å². The fourth-order valence-electron chi connectivity index (χ4n) is 4.51. The minimum absolute atomic E-state index is 0.148. The highest BCUT2D eigenvalue weighted by atomic mass is 32.2. The van der Waals surface area contributed by atoms with Crippen LogP contribution in [0.4, 0.5) is 11.6 Å². The predicted molar refractivity (Wildman–Crippen MR) is 120 cm³/mol. The quantitative estimate of drug-likeness (QED) is 0.759. The zero-order valence-corrected chi connectivity index (χ0v) is 19.0. The van der Waals surface area contributed by atoms with Crippen molar-refractivity contribution in [1.82, 2.24) is 14.7 Å². The second-order valence-corrected chi connectivity index (χ2v) is 10.5. The Bertz CT molecular complexity index is 1090. The number of pyridine rings is 2. The van der Waals surface area contributed by atoms with E-state index >= 15 is 0 Å². The van der Waals surface area contributed by atoms with Gasteiger partial charge in [0.1, 0.15) is 11.6 Å². The Hall–Kier alpha value is -2.68. The lowest BCUT2D eigenvalue weighted by atomic mass is 10.0. The summed E-state index contributed by atoms with van der Waals surface area (Å²) in [5, 5.41) is -0.163. The molecule has 0 spiro atoms. The summed E-state index contributed by atoms with van der Waals surface area (Å²) in [6, 6.07) is 8.43. The summed E-state index contributed by atoms with van der Waals surface area (Å²) < 4.78 is 28.1. The van der Waals surface area contributed by atoms with Gasteiger partial charge in [-0.15, -0.1) is 0 Å². The Morgan fingerprint density at radius 2 is 1.97 bits per heavy atom. The minimum Gasteiger partial charge on any atom is -0.354 e. The number of hydrogen-bond acceptors (Lipinski definition) is 7. The molecule has 0 aliphatic carbocycles. The fourth-order valence-corrected chi connectivity index (χ4v) is 5.44. The summed E-state index contributed by atoms with van der Waals surface area (Å²) in [4.78, 5) is 25.9. The van der Waals surface area contributed by atoms with E-state index in [0.717, 1.165) is 38.8 Å². The monoisotopic (exact) mass is 443 g/mol. The van der Waals surface area contributed by atoms with Gasteiger partial charge >= 0.3 is 0 Å². The highest BCUT2D eigenvalue weighted by molar-refractivity contribution is 7.90. The summed E-state index contributed by atoms with van der Waals surface area (Å²) in [7, 11) is -4.13. The number of rotatable bonds is 5. The zero-order chi connectivity index (χ0) is 22.2. The highest BCUT2D eigenvalue weighted by Gasteiger charge is 2.35. The average molecular weight is 444 g/mol. The van der Waals surface area contributed by atoms with Crippen LogP contribution in [0.3, 0.4) is 0 Å². The largest absolute Gasteiger partial charge is 0.354 e. The number of carbonyl (C=O) groups excluding carboxylic acids is 1. The Morgan fingerprint density at radius 1 is 1.16 bits per heavy atom. The Kier molecular flexibility index (Phi) is 5.63. The molecule has 4 heterocycles. The lowest BCUT2D eigenvalue weighted by Gasteiger charge is -2.33. The van der Waals surface area contributed by atoms with Gasteiger partial charge in [-0.1, -0.05) is 6.07 Å². The predicted octanol–water partition coefficient (Wildman–Crippen LogP) is 2.96. The average Bonchev–Trinajstić information content (AvgIpc) is 3.32. The lowest BCUT2D eigenvalue weighted by Crippen LogP contribution is -2.41. The zero-order valence-electron chi connectivity index (χ0n) is 18.2. The van der Waals surface area contributed by atoms with Crippen LogP contribution < -0.4 is 14.5 Å². The van der Waals surface area contributed by atoms with Crippen LogP contribution in [-0.4, -0.2) is 49.0 Å². The first kappa shape index (κ1) is 21.5. The minimum atomic E-state index is -4.13. The second-order valence-electron chi connectivity index (χ2n) is 8.90. The van der Waals surface area contributed by atoms with E-state index in [4.69, 9.17) is 0 Å². The van der Waals surface area contributed by atoms with Crippen LogP contribution in [0, 0.1) is 0 Å². The third-order valence-corrected chi connectivity index (χ3v) is 7.48. The third kappa shape index (κ3) is 4.23. The number of nitrogens with zero attached hydrogens (tertiary/aromatic N) is 4. The van der Waals surface area contributed by atoms with E-state index in [1.54, 1.807) is 30.5 Å². The first-order chi connectivity index (χ1) is 14.7. The van der Waals surface area contributed by atoms with Crippen molar-refractivity contribution in [3.05, 3.63) is 42.1 Å². The molecule has 8 nitrogen and oxygen atoms in total. The van der Waals surface area contributed by atoms with Crippen LogP contribution in [0.5, 0.6) is 0 Å². The molecule has 166 valence electrons. The summed E-state index contributed by atoms with van der Waals surface area (Å²) in [5.41, 5.74) is 0.0928. The van der Waals surface area contributed by atoms with Gasteiger partial charge in [0.15, 0.2) is 5.03 Å². The van der Waals surface area contributed by atoms with E-state index < -0.39 is 15.9 Å². The smallest absolute Gasteiger partial charge is 0.281 e. The molecule has 1 amide bonds. The molecule has 0 saturated carbocycles. The summed E-state index contributed by atoms with van der Waals surface area (Å²) in [6.07, 6.45) is 5.69. The highest BCUT2D eigenvalue weighted by Crippen LogP contribution is 2.34. The molecule has 9 heteroatoms. The molecule has 0 radical (unpaired) electrons. The van der Waals surface area contributed by atoms with E-state index in [2.05, 4.69) is 45.3 Å². The first-order valence-corrected chi connectivity index (χ1v) is 12.2. The van der Waals surface area contributed by atoms with Crippen LogP contribution >= 0.6 is 0 Å². The first-order valence-electron chi connectivity index (χ1n) is 10.7. The molecule has 1 N–H and O–H groups in total. The van der Waals surface area contributed by atoms with Crippen molar-refractivity contribution in [1.29, 1.82) is 0 Å². The van der Waals surface area contributed by atoms with Gasteiger partial charge in [0.2, 0.25) is 0 Å². The Morgan fingerprint density at radius 3 is 2.65 bits per heavy atom. The molecule has 1 unspecified atom stereocenters. The number of amides is 1. The van der Waals surface area contributed by atoms with Gasteiger partial charge in [-0.2, -0.15) is 8.42 Å². The van der Waals surface area contributed by atoms with Crippen LogP contribution in [0.1, 0.15) is 56.8 Å². The maximum Gasteiger partial charge on any atom is 0.281 e. The Balaban J connectivity index is 1.60. The molecule has 31 heavy (non-hydrogen) atoms. The van der Waals surface area contributed by atoms with Gasteiger partial charge in [-0.3, -0.25) is 4.79 Å². The van der Waals surface area contributed by atoms with Gasteiger partial charge < -0.3 is 9.80 Å². The summed E-state index contributed by atoms with van der Waals surface area (Å²) in [5.74, 6) is 0.416. The summed E-state index contributed by atoms with van der Waals surface area (Å²) in [6.45, 7) is 7.91. The standard InChI is InChI=1S/C22H29N5O3S/c1-16-8-6-14-26(16)18-10-4-11-19(24-18)31(29,30)25-21(28)17-9-5-13-23-20(17)27-15-7-12-22(27,2)3/h4-5,9-11,13,16H,6-8,12,14-15H2,1-3H3,(H,25,28). The van der Waals surface area contributed by atoms with E-state index in [1.807, 2.05) is 0 Å². The van der Waals surface area contributed by atoms with E-state index in [0.29, 0.717) is 17.7 Å². The molecule has 2 aliphatic rings. The molecule has 0 bridgehead atoms. The number of aromatic nitrogens is 2. The molecule has 2 aromatic heterocycles. The van der Waals surface area contributed by atoms with Gasteiger partial charge in [0.25, 0.3) is 15.9 Å². The van der Waals surface area contributed by atoms with Crippen LogP contribution in [0.2, 0.25) is 0 Å². The van der Waals surface area contributed by atoms with Crippen molar-refractivity contribution in [2.24, 2.45) is 0 Å². The van der Waals surface area contributed by atoms with E-state index in [-0.39, 0.29) is 16.1 Å². The number of nitrogens with one attached hydrogen (secondary N) is 1. The molecular formula is C22H29N5O3S. The topological polar surface area (TPSA) is 95.5 Å². The van der Waals surface area contributed by atoms with Crippen molar-refractivity contribution < 1.29 is 13.2 Å². The maximum absolute atomic E-state index is 13.0. The molecule has 0 aromatic carbocycles. The number of carbonyl (C=O) groups is 1. The molecule has 2 aliphatic heterocycles. The van der Waals surface area contributed by atoms with Crippen molar-refractivity contribution in [2.45, 2.75) is 63.1 Å². The Labute approximate surface area is 183 Å². The molecule has 4 rings (SSSR count). The maximum atomic E-state index is 13.0. The van der Waals surface area contributed by atoms with Crippen LogP contribution in [0.15, 0.2) is 41.6 Å². The van der Waals surface area contributed by atoms with Crippen LogP contribution in [0.25, 0.3) is 0 Å². The molecule has 2 aromatic rings. The molecule has 1 atom stereocenters. The van der Waals surface area contributed by atoms with Crippen molar-refractivity contribution in [3.63, 3.8) is 0 Å². The third-order valence-electron chi connectivity index (χ3n) is 6.25. The summed E-state index contributed by atoms with van der Waals surface area (Å²) >= 11 is 0. The van der Waals surface area contributed by atoms with Crippen molar-refractivity contribution >= 4 is 27.6 Å². The number of hydrogen-bond donors (Lipinski definition) is 1. The number of anilines is 2. The van der Waals surface area contributed by atoms with E-state index in [1.165, 1.54) is 6.07 Å². The SMILES string of the molecule is CC1CCCN1c1cccc(S(=O)(=O)NC(=O)c2cccnc2N2CCCC2(C)C)n1. The second kappa shape index (κ2) is 8.11. The molecule has 2 fully saturated rings. The van der Waals surface area contributed by atoms with E-state index in [9.17, 15) is 13.2 Å². The fraction of sp³-hybridized carbons (Fsp3) is 0.500. The van der Waals surface area contributed by atoms with Crippen molar-refractivity contribution in [2.75, 3.05) is 22.9 Å². The van der Waals surface area contributed by atoms with Gasteiger partial charge in [-0.25, -0.2) is 14.7 Å². The molecular weight excluding hydrogens is 414 g/mol. The van der Waals surface area contributed by atoms with Gasteiger partial charge in [-0.05, 0) is 70.7 Å². The van der Waals surface area contributed by atoms with Crippen molar-refractivity contribution in [3.8, 4) is 0 Å². The molecule has 2 saturated heterocycles. The lowest BCUT2D eigenvalue weighted by molar-refractivity contribution is 0.0981. The van der Waals surface area contributed by atoms with Crippen LogP contribution in [-0.2, 0) is 10.0 Å². The number of sulfonamides is 1. The van der Waals surface area contributed by atoms with Gasteiger partial charge in [0, 0.05) is 30.9 Å².